The molecular formula is C24H32N4O3S. The lowest BCUT2D eigenvalue weighted by Gasteiger charge is -2.39. The van der Waals surface area contributed by atoms with Gasteiger partial charge in [-0.15, -0.1) is 11.3 Å². The second kappa shape index (κ2) is 9.27. The van der Waals surface area contributed by atoms with E-state index in [-0.39, 0.29) is 35.5 Å². The molecule has 4 rings (SSSR count). The first-order valence-electron chi connectivity index (χ1n) is 11.4. The quantitative estimate of drug-likeness (QED) is 0.741. The maximum absolute atomic E-state index is 13.1. The predicted molar refractivity (Wildman–Crippen MR) is 124 cm³/mol. The van der Waals surface area contributed by atoms with Crippen molar-refractivity contribution in [2.45, 2.75) is 77.7 Å². The number of thiazole rings is 1. The van der Waals surface area contributed by atoms with E-state index in [2.05, 4.69) is 15.3 Å². The van der Waals surface area contributed by atoms with E-state index in [0.29, 0.717) is 13.1 Å². The van der Waals surface area contributed by atoms with Crippen molar-refractivity contribution >= 4 is 23.2 Å². The van der Waals surface area contributed by atoms with Crippen LogP contribution in [-0.4, -0.2) is 51.0 Å². The Morgan fingerprint density at radius 2 is 2.12 bits per heavy atom. The Morgan fingerprint density at radius 3 is 2.81 bits per heavy atom. The summed E-state index contributed by atoms with van der Waals surface area (Å²) in [6.07, 6.45) is 4.66. The van der Waals surface area contributed by atoms with Crippen molar-refractivity contribution in [3.63, 3.8) is 0 Å². The van der Waals surface area contributed by atoms with Crippen molar-refractivity contribution in [3.8, 4) is 11.3 Å². The Morgan fingerprint density at radius 1 is 1.31 bits per heavy atom. The molecule has 0 aliphatic carbocycles. The highest BCUT2D eigenvalue weighted by Crippen LogP contribution is 2.33. The van der Waals surface area contributed by atoms with Gasteiger partial charge < -0.3 is 15.0 Å². The standard InChI is InChI=1S/C24H32N4O3S/c1-15-7-8-17(12-25-15)19-14-32-21(27-19)13-26-22(29)18-6-5-11-28(16(18)2)23(30)20-9-10-24(3,4)31-20/h7-8,12,14,16,18,20H,5-6,9-11,13H2,1-4H3,(H,26,29)/t16-,18-,20+/m0/s1. The van der Waals surface area contributed by atoms with Gasteiger partial charge in [0.05, 0.1) is 23.8 Å². The molecule has 8 heteroatoms. The van der Waals surface area contributed by atoms with Gasteiger partial charge in [-0.05, 0) is 65.5 Å². The molecule has 0 unspecified atom stereocenters. The minimum atomic E-state index is -0.390. The van der Waals surface area contributed by atoms with Crippen molar-refractivity contribution in [1.82, 2.24) is 20.2 Å². The summed E-state index contributed by atoms with van der Waals surface area (Å²) in [6.45, 7) is 9.05. The molecule has 0 bridgehead atoms. The molecule has 172 valence electrons. The number of aryl methyl sites for hydroxylation is 1. The number of hydrogen-bond donors (Lipinski definition) is 1. The van der Waals surface area contributed by atoms with Gasteiger partial charge in [0.15, 0.2) is 0 Å². The minimum Gasteiger partial charge on any atom is -0.363 e. The van der Waals surface area contributed by atoms with Crippen LogP contribution in [0.5, 0.6) is 0 Å². The summed E-state index contributed by atoms with van der Waals surface area (Å²) >= 11 is 1.53. The second-order valence-electron chi connectivity index (χ2n) is 9.46. The SMILES string of the molecule is Cc1ccc(-c2csc(CNC(=O)[C@H]3CCCN(C(=O)[C@H]4CCC(C)(C)O4)[C@H]3C)n2)cn1. The van der Waals surface area contributed by atoms with Crippen LogP contribution in [0.2, 0.25) is 0 Å². The summed E-state index contributed by atoms with van der Waals surface area (Å²) < 4.78 is 5.96. The number of aromatic nitrogens is 2. The number of nitrogens with zero attached hydrogens (tertiary/aromatic N) is 3. The Kier molecular flexibility index (Phi) is 6.62. The van der Waals surface area contributed by atoms with Crippen molar-refractivity contribution in [2.24, 2.45) is 5.92 Å². The van der Waals surface area contributed by atoms with Crippen molar-refractivity contribution < 1.29 is 14.3 Å². The molecule has 0 radical (unpaired) electrons. The Hall–Kier alpha value is -2.32. The van der Waals surface area contributed by atoms with Crippen molar-refractivity contribution in [1.29, 1.82) is 0 Å². The van der Waals surface area contributed by atoms with E-state index in [1.54, 1.807) is 0 Å². The normalized spacial score (nSPS) is 25.0. The summed E-state index contributed by atoms with van der Waals surface area (Å²) in [5, 5.41) is 5.88. The third-order valence-electron chi connectivity index (χ3n) is 6.53. The molecule has 0 spiro atoms. The van der Waals surface area contributed by atoms with Crippen LogP contribution in [0, 0.1) is 12.8 Å². The molecule has 2 aliphatic heterocycles. The number of rotatable bonds is 5. The predicted octanol–water partition coefficient (Wildman–Crippen LogP) is 3.71. The number of hydrogen-bond acceptors (Lipinski definition) is 6. The Labute approximate surface area is 193 Å². The smallest absolute Gasteiger partial charge is 0.251 e. The van der Waals surface area contributed by atoms with Crippen molar-refractivity contribution in [2.75, 3.05) is 6.54 Å². The number of amides is 2. The zero-order valence-corrected chi connectivity index (χ0v) is 20.1. The molecule has 2 saturated heterocycles. The fourth-order valence-electron chi connectivity index (χ4n) is 4.58. The number of carbonyl (C=O) groups is 2. The minimum absolute atomic E-state index is 0.0172. The van der Waals surface area contributed by atoms with Crippen LogP contribution in [-0.2, 0) is 20.9 Å². The molecule has 3 atom stereocenters. The highest BCUT2D eigenvalue weighted by Gasteiger charge is 2.42. The molecule has 0 aromatic carbocycles. The van der Waals surface area contributed by atoms with E-state index in [1.807, 2.05) is 56.3 Å². The van der Waals surface area contributed by atoms with Crippen LogP contribution in [0.1, 0.15) is 57.2 Å². The number of carbonyl (C=O) groups excluding carboxylic acids is 2. The molecule has 2 aromatic heterocycles. The maximum atomic E-state index is 13.1. The fourth-order valence-corrected chi connectivity index (χ4v) is 5.33. The molecular weight excluding hydrogens is 424 g/mol. The monoisotopic (exact) mass is 456 g/mol. The third-order valence-corrected chi connectivity index (χ3v) is 7.37. The van der Waals surface area contributed by atoms with E-state index in [1.165, 1.54) is 11.3 Å². The number of nitrogens with one attached hydrogen (secondary N) is 1. The number of pyridine rings is 1. The van der Waals surface area contributed by atoms with Gasteiger partial charge in [0.2, 0.25) is 5.91 Å². The third kappa shape index (κ3) is 5.02. The fraction of sp³-hybridized carbons (Fsp3) is 0.583. The zero-order chi connectivity index (χ0) is 22.9. The first-order valence-corrected chi connectivity index (χ1v) is 12.2. The summed E-state index contributed by atoms with van der Waals surface area (Å²) in [5.74, 6) is -0.212. The summed E-state index contributed by atoms with van der Waals surface area (Å²) in [6, 6.07) is 3.82. The number of likely N-dealkylation sites (tertiary alicyclic amines) is 1. The average molecular weight is 457 g/mol. The lowest BCUT2D eigenvalue weighted by Crippen LogP contribution is -2.54. The van der Waals surface area contributed by atoms with E-state index in [4.69, 9.17) is 4.74 Å². The number of piperidine rings is 1. The first-order chi connectivity index (χ1) is 15.2. The van der Waals surface area contributed by atoms with Gasteiger partial charge in [-0.25, -0.2) is 4.98 Å². The van der Waals surface area contributed by atoms with Crippen LogP contribution in [0.3, 0.4) is 0 Å². The van der Waals surface area contributed by atoms with Gasteiger partial charge in [0.1, 0.15) is 11.1 Å². The van der Waals surface area contributed by atoms with Gasteiger partial charge in [0, 0.05) is 35.4 Å². The van der Waals surface area contributed by atoms with Gasteiger partial charge in [0.25, 0.3) is 5.91 Å². The zero-order valence-electron chi connectivity index (χ0n) is 19.3. The van der Waals surface area contributed by atoms with Gasteiger partial charge >= 0.3 is 0 Å². The van der Waals surface area contributed by atoms with Gasteiger partial charge in [-0.2, -0.15) is 0 Å². The molecule has 32 heavy (non-hydrogen) atoms. The molecule has 0 saturated carbocycles. The second-order valence-corrected chi connectivity index (χ2v) is 10.4. The average Bonchev–Trinajstić information content (AvgIpc) is 3.38. The van der Waals surface area contributed by atoms with Gasteiger partial charge in [-0.1, -0.05) is 0 Å². The van der Waals surface area contributed by atoms with Crippen molar-refractivity contribution in [3.05, 3.63) is 34.4 Å². The molecule has 1 N–H and O–H groups in total. The van der Waals surface area contributed by atoms with E-state index < -0.39 is 0 Å². The highest BCUT2D eigenvalue weighted by atomic mass is 32.1. The molecule has 2 fully saturated rings. The van der Waals surface area contributed by atoms with E-state index in [0.717, 1.165) is 47.6 Å². The first kappa shape index (κ1) is 22.9. The summed E-state index contributed by atoms with van der Waals surface area (Å²) in [4.78, 5) is 36.8. The molecule has 2 aliphatic rings. The molecule has 2 amide bonds. The van der Waals surface area contributed by atoms with Crippen LogP contribution in [0.4, 0.5) is 0 Å². The summed E-state index contributed by atoms with van der Waals surface area (Å²) in [5.41, 5.74) is 2.55. The topological polar surface area (TPSA) is 84.4 Å². The van der Waals surface area contributed by atoms with Crippen LogP contribution >= 0.6 is 11.3 Å². The van der Waals surface area contributed by atoms with Crippen LogP contribution in [0.15, 0.2) is 23.7 Å². The highest BCUT2D eigenvalue weighted by molar-refractivity contribution is 7.09. The largest absolute Gasteiger partial charge is 0.363 e. The number of ether oxygens (including phenoxy) is 1. The Balaban J connectivity index is 1.34. The molecule has 2 aromatic rings. The molecule has 7 nitrogen and oxygen atoms in total. The van der Waals surface area contributed by atoms with Gasteiger partial charge in [-0.3, -0.25) is 14.6 Å². The molecule has 4 heterocycles. The Bertz CT molecular complexity index is 972. The summed E-state index contributed by atoms with van der Waals surface area (Å²) in [7, 11) is 0. The van der Waals surface area contributed by atoms with E-state index >= 15 is 0 Å². The lowest BCUT2D eigenvalue weighted by molar-refractivity contribution is -0.152. The van der Waals surface area contributed by atoms with Crippen LogP contribution < -0.4 is 5.32 Å². The maximum Gasteiger partial charge on any atom is 0.251 e. The van der Waals surface area contributed by atoms with Crippen LogP contribution in [0.25, 0.3) is 11.3 Å². The van der Waals surface area contributed by atoms with E-state index in [9.17, 15) is 9.59 Å². The lowest BCUT2D eigenvalue weighted by atomic mass is 9.89.